The highest BCUT2D eigenvalue weighted by Crippen LogP contribution is 2.65. The van der Waals surface area contributed by atoms with Gasteiger partial charge in [0.25, 0.3) is 0 Å². The van der Waals surface area contributed by atoms with Crippen molar-refractivity contribution in [3.05, 3.63) is 60.7 Å². The smallest absolute Gasteiger partial charge is 0.194 e. The maximum atomic E-state index is 13.1. The van der Waals surface area contributed by atoms with Crippen LogP contribution >= 0.6 is 35.3 Å². The fourth-order valence-electron chi connectivity index (χ4n) is 4.23. The van der Waals surface area contributed by atoms with Crippen LogP contribution in [0, 0.1) is 5.92 Å². The van der Waals surface area contributed by atoms with Gasteiger partial charge in [-0.25, -0.2) is 16.8 Å². The first-order chi connectivity index (χ1) is 19.1. The molecular formula is C28H44O7S5. The van der Waals surface area contributed by atoms with Crippen molar-refractivity contribution in [2.45, 2.75) is 44.8 Å². The molecule has 12 heteroatoms. The van der Waals surface area contributed by atoms with E-state index < -0.39 is 23.8 Å². The Labute approximate surface area is 254 Å². The third-order valence-electron chi connectivity index (χ3n) is 6.21. The van der Waals surface area contributed by atoms with Gasteiger partial charge >= 0.3 is 0 Å². The number of hydrogen-bond donors (Lipinski definition) is 1. The lowest BCUT2D eigenvalue weighted by atomic mass is 10.2. The summed E-state index contributed by atoms with van der Waals surface area (Å²) in [6.45, 7) is 1.73. The van der Waals surface area contributed by atoms with Gasteiger partial charge in [-0.15, -0.1) is 23.5 Å². The van der Waals surface area contributed by atoms with Crippen LogP contribution < -0.4 is 0 Å². The Morgan fingerprint density at radius 3 is 1.77 bits per heavy atom. The molecule has 0 saturated heterocycles. The van der Waals surface area contributed by atoms with Gasteiger partial charge in [0.2, 0.25) is 0 Å². The molecule has 40 heavy (non-hydrogen) atoms. The van der Waals surface area contributed by atoms with Crippen LogP contribution in [-0.2, 0) is 29.1 Å². The van der Waals surface area contributed by atoms with E-state index in [1.54, 1.807) is 86.8 Å². The van der Waals surface area contributed by atoms with E-state index in [0.717, 1.165) is 32.3 Å². The van der Waals surface area contributed by atoms with Crippen LogP contribution in [-0.4, -0.2) is 89.2 Å². The number of unbranched alkanes of at least 4 members (excludes halogenated alkanes) is 1. The van der Waals surface area contributed by atoms with E-state index >= 15 is 0 Å². The molecule has 1 fully saturated rings. The first kappa shape index (κ1) is 37.3. The monoisotopic (exact) mass is 652 g/mol. The molecule has 3 rings (SSSR count). The number of aliphatic hydroxyl groups is 1. The van der Waals surface area contributed by atoms with Gasteiger partial charge in [-0.2, -0.15) is 11.8 Å². The van der Waals surface area contributed by atoms with Gasteiger partial charge in [0.1, 0.15) is 9.16 Å². The second kappa shape index (κ2) is 19.5. The summed E-state index contributed by atoms with van der Waals surface area (Å²) in [6, 6.07) is 17.3. The van der Waals surface area contributed by atoms with Crippen LogP contribution in [0.1, 0.15) is 25.7 Å². The molecule has 0 radical (unpaired) electrons. The van der Waals surface area contributed by atoms with Crippen molar-refractivity contribution < 1.29 is 31.4 Å². The lowest BCUT2D eigenvalue weighted by molar-refractivity contribution is 0.181. The van der Waals surface area contributed by atoms with E-state index in [0.29, 0.717) is 16.4 Å². The zero-order valence-corrected chi connectivity index (χ0v) is 28.1. The maximum absolute atomic E-state index is 13.1. The van der Waals surface area contributed by atoms with Crippen LogP contribution in [0.25, 0.3) is 0 Å². The summed E-state index contributed by atoms with van der Waals surface area (Å²) in [6.07, 6.45) is 9.32. The molecule has 0 heterocycles. The van der Waals surface area contributed by atoms with E-state index in [1.807, 2.05) is 18.6 Å². The van der Waals surface area contributed by atoms with Gasteiger partial charge in [-0.05, 0) is 68.7 Å². The Hall–Kier alpha value is -0.730. The average molecular weight is 653 g/mol. The fourth-order valence-corrected chi connectivity index (χ4v) is 13.1. The predicted molar refractivity (Wildman–Crippen MR) is 172 cm³/mol. The number of benzene rings is 2. The Morgan fingerprint density at radius 2 is 1.32 bits per heavy atom. The standard InChI is InChI=1S/C15H22O3S3.C8H10O2S2.C5H12O2/c1-18-11-7-10-13-14(19-2)15(13,20-3)21(16,17)12-8-5-4-6-9-12;1-11-7-12(9,10)8-5-3-2-4-6-8;1-7-5-3-2-4-6/h4-6,8-9,13-14H,7,10-11H2,1-3H3;2-6H,7H2,1H3;6H,2-5H2,1H3/t13-,14+,15+;;/m1../s1. The lowest BCUT2D eigenvalue weighted by Gasteiger charge is -2.17. The zero-order valence-electron chi connectivity index (χ0n) is 24.0. The highest BCUT2D eigenvalue weighted by atomic mass is 32.3. The molecule has 1 saturated carbocycles. The van der Waals surface area contributed by atoms with Crippen molar-refractivity contribution in [1.29, 1.82) is 0 Å². The molecule has 0 spiro atoms. The van der Waals surface area contributed by atoms with Gasteiger partial charge in [0, 0.05) is 45.2 Å². The largest absolute Gasteiger partial charge is 0.396 e. The Balaban J connectivity index is 0.000000354. The quantitative estimate of drug-likeness (QED) is 0.248. The van der Waals surface area contributed by atoms with Crippen molar-refractivity contribution in [1.82, 2.24) is 0 Å². The average Bonchev–Trinajstić information content (AvgIpc) is 3.63. The first-order valence-electron chi connectivity index (χ1n) is 12.9. The SMILES string of the molecule is COCCCCO.COCCC[C@@H]1[C@H](SC)[C@@]1(SC)S(=O)(=O)c1ccccc1.CSCS(=O)(=O)c1ccccc1. The molecule has 0 unspecified atom stereocenters. The fraction of sp³-hybridized carbons (Fsp3) is 0.571. The Bertz CT molecular complexity index is 1140. The number of thioether (sulfide) groups is 3. The van der Waals surface area contributed by atoms with E-state index in [-0.39, 0.29) is 22.9 Å². The van der Waals surface area contributed by atoms with E-state index in [2.05, 4.69) is 0 Å². The summed E-state index contributed by atoms with van der Waals surface area (Å²) in [4.78, 5) is 0.840. The molecule has 228 valence electrons. The van der Waals surface area contributed by atoms with Crippen LogP contribution in [0.4, 0.5) is 0 Å². The van der Waals surface area contributed by atoms with E-state index in [9.17, 15) is 16.8 Å². The van der Waals surface area contributed by atoms with Crippen LogP contribution in [0.3, 0.4) is 0 Å². The van der Waals surface area contributed by atoms with Gasteiger partial charge in [-0.1, -0.05) is 36.4 Å². The molecule has 7 nitrogen and oxygen atoms in total. The molecule has 2 aromatic rings. The van der Waals surface area contributed by atoms with E-state index in [1.165, 1.54) is 23.5 Å². The minimum absolute atomic E-state index is 0.150. The molecule has 1 aliphatic carbocycles. The Morgan fingerprint density at radius 1 is 0.800 bits per heavy atom. The first-order valence-corrected chi connectivity index (χ1v) is 19.9. The summed E-state index contributed by atoms with van der Waals surface area (Å²) < 4.78 is 58.2. The van der Waals surface area contributed by atoms with Crippen molar-refractivity contribution >= 4 is 55.0 Å². The number of methoxy groups -OCH3 is 2. The van der Waals surface area contributed by atoms with Gasteiger partial charge in [0.15, 0.2) is 19.7 Å². The molecule has 2 aromatic carbocycles. The predicted octanol–water partition coefficient (Wildman–Crippen LogP) is 5.49. The third-order valence-corrected chi connectivity index (χ3v) is 15.5. The minimum Gasteiger partial charge on any atom is -0.396 e. The molecular weight excluding hydrogens is 609 g/mol. The van der Waals surface area contributed by atoms with Gasteiger partial charge in [-0.3, -0.25) is 0 Å². The zero-order chi connectivity index (χ0) is 30.1. The number of aliphatic hydroxyl groups excluding tert-OH is 1. The van der Waals surface area contributed by atoms with Crippen molar-refractivity contribution in [2.24, 2.45) is 5.92 Å². The molecule has 0 amide bonds. The number of hydrogen-bond acceptors (Lipinski definition) is 10. The highest BCUT2D eigenvalue weighted by Gasteiger charge is 2.71. The topological polar surface area (TPSA) is 107 Å². The third kappa shape index (κ3) is 10.5. The molecule has 1 aliphatic rings. The maximum Gasteiger partial charge on any atom is 0.194 e. The minimum atomic E-state index is -3.32. The van der Waals surface area contributed by atoms with Crippen LogP contribution in [0.15, 0.2) is 70.5 Å². The highest BCUT2D eigenvalue weighted by molar-refractivity contribution is 8.17. The van der Waals surface area contributed by atoms with Crippen LogP contribution in [0.2, 0.25) is 0 Å². The molecule has 1 N–H and O–H groups in total. The summed E-state index contributed by atoms with van der Waals surface area (Å²) >= 11 is 4.47. The molecule has 0 aliphatic heterocycles. The normalized spacial score (nSPS) is 20.1. The van der Waals surface area contributed by atoms with Crippen molar-refractivity contribution in [3.63, 3.8) is 0 Å². The second-order valence-electron chi connectivity index (χ2n) is 8.90. The summed E-state index contributed by atoms with van der Waals surface area (Å²) in [7, 11) is -3.03. The molecule has 0 bridgehead atoms. The van der Waals surface area contributed by atoms with Crippen LogP contribution in [0.5, 0.6) is 0 Å². The summed E-state index contributed by atoms with van der Waals surface area (Å²) in [5.41, 5.74) is 0. The second-order valence-corrected chi connectivity index (χ2v) is 16.6. The number of rotatable bonds is 15. The van der Waals surface area contributed by atoms with Crippen molar-refractivity contribution in [2.75, 3.05) is 57.9 Å². The molecule has 0 aromatic heterocycles. The number of sulfone groups is 2. The summed E-state index contributed by atoms with van der Waals surface area (Å²) in [5.74, 6) is 0.197. The van der Waals surface area contributed by atoms with Gasteiger partial charge < -0.3 is 14.6 Å². The lowest BCUT2D eigenvalue weighted by Crippen LogP contribution is -2.24. The number of ether oxygens (including phenoxy) is 2. The Kier molecular flexibility index (Phi) is 18.1. The van der Waals surface area contributed by atoms with Gasteiger partial charge in [0.05, 0.1) is 9.79 Å². The van der Waals surface area contributed by atoms with E-state index in [4.69, 9.17) is 14.6 Å². The summed E-state index contributed by atoms with van der Waals surface area (Å²) in [5, 5.41) is 8.55. The molecule has 3 atom stereocenters. The van der Waals surface area contributed by atoms with Crippen molar-refractivity contribution in [3.8, 4) is 0 Å².